The molecule has 1 N–H and O–H groups in total. The summed E-state index contributed by atoms with van der Waals surface area (Å²) in [6, 6.07) is 3.84. The zero-order valence-corrected chi connectivity index (χ0v) is 17.9. The molecule has 0 bridgehead atoms. The molecule has 0 aromatic heterocycles. The van der Waals surface area contributed by atoms with Gasteiger partial charge in [0.2, 0.25) is 5.91 Å². The van der Waals surface area contributed by atoms with Crippen LogP contribution in [0.25, 0.3) is 0 Å². The van der Waals surface area contributed by atoms with Gasteiger partial charge in [-0.3, -0.25) is 9.59 Å². The number of halogens is 3. The van der Waals surface area contributed by atoms with Gasteiger partial charge in [-0.05, 0) is 36.7 Å². The molecule has 4 nitrogen and oxygen atoms in total. The van der Waals surface area contributed by atoms with Crippen molar-refractivity contribution in [3.63, 3.8) is 0 Å². The molecule has 0 spiro atoms. The van der Waals surface area contributed by atoms with Crippen LogP contribution in [0.3, 0.4) is 0 Å². The third kappa shape index (κ3) is 5.44. The summed E-state index contributed by atoms with van der Waals surface area (Å²) in [6.07, 6.45) is -4.12. The zero-order valence-electron chi connectivity index (χ0n) is 16.9. The number of carbonyl (C=O) groups excluding carboxylic acids is 2. The average molecular weight is 416 g/mol. The second-order valence-corrected chi connectivity index (χ2v) is 13.6. The van der Waals surface area contributed by atoms with Crippen molar-refractivity contribution in [2.45, 2.75) is 76.5 Å². The van der Waals surface area contributed by atoms with Crippen LogP contribution in [0.1, 0.15) is 56.0 Å². The normalized spacial score (nSPS) is 21.4. The first-order chi connectivity index (χ1) is 12.7. The predicted octanol–water partition coefficient (Wildman–Crippen LogP) is 4.95. The Hall–Kier alpha value is -1.67. The van der Waals surface area contributed by atoms with Crippen LogP contribution >= 0.6 is 0 Å². The zero-order chi connectivity index (χ0) is 21.3. The lowest BCUT2D eigenvalue weighted by molar-refractivity contribution is -0.137. The number of carbonyl (C=O) groups is 2. The number of hydrogen-bond acceptors (Lipinski definition) is 3. The molecule has 0 saturated carbocycles. The molecule has 156 valence electrons. The Bertz CT molecular complexity index is 741. The van der Waals surface area contributed by atoms with Crippen molar-refractivity contribution in [3.05, 3.63) is 35.4 Å². The second-order valence-electron chi connectivity index (χ2n) is 8.84. The van der Waals surface area contributed by atoms with Gasteiger partial charge in [-0.25, -0.2) is 0 Å². The molecular weight excluding hydrogens is 387 g/mol. The molecule has 1 amide bonds. The van der Waals surface area contributed by atoms with E-state index in [2.05, 4.69) is 39.2 Å². The smallest absolute Gasteiger partial charge is 0.412 e. The van der Waals surface area contributed by atoms with Crippen LogP contribution in [0.4, 0.5) is 13.2 Å². The van der Waals surface area contributed by atoms with E-state index in [0.29, 0.717) is 12.8 Å². The van der Waals surface area contributed by atoms with Gasteiger partial charge < -0.3 is 9.74 Å². The quantitative estimate of drug-likeness (QED) is 0.547. The molecule has 1 aromatic carbocycles. The Morgan fingerprint density at radius 2 is 1.89 bits per heavy atom. The summed E-state index contributed by atoms with van der Waals surface area (Å²) < 4.78 is 45.2. The number of alkyl halides is 3. The summed E-state index contributed by atoms with van der Waals surface area (Å²) in [6.45, 7) is 10.5. The minimum Gasteiger partial charge on any atom is -0.412 e. The first-order valence-corrected chi connectivity index (χ1v) is 12.3. The summed E-state index contributed by atoms with van der Waals surface area (Å²) in [7, 11) is -2.13. The maximum Gasteiger partial charge on any atom is 0.416 e. The molecule has 1 aliphatic rings. The number of nitrogens with one attached hydrogen (secondary N) is 1. The first kappa shape index (κ1) is 22.6. The highest BCUT2D eigenvalue weighted by Crippen LogP contribution is 2.39. The molecule has 0 radical (unpaired) electrons. The first-order valence-electron chi connectivity index (χ1n) is 9.38. The number of hydrogen-bond donors (Lipinski definition) is 1. The summed E-state index contributed by atoms with van der Waals surface area (Å²) in [5.41, 5.74) is -0.874. The molecule has 8 heteroatoms. The molecular formula is C20H28F3NO3Si. The van der Waals surface area contributed by atoms with Gasteiger partial charge >= 0.3 is 6.18 Å². The molecule has 0 unspecified atom stereocenters. The minimum absolute atomic E-state index is 0.0132. The Balaban J connectivity index is 2.19. The number of benzene rings is 1. The third-order valence-corrected chi connectivity index (χ3v) is 10.1. The Kier molecular flexibility index (Phi) is 6.45. The van der Waals surface area contributed by atoms with E-state index in [1.54, 1.807) is 0 Å². The third-order valence-electron chi connectivity index (χ3n) is 5.62. The minimum atomic E-state index is -4.51. The van der Waals surface area contributed by atoms with Gasteiger partial charge in [0.1, 0.15) is 0 Å². The topological polar surface area (TPSA) is 55.4 Å². The highest BCUT2D eigenvalue weighted by atomic mass is 28.4. The van der Waals surface area contributed by atoms with E-state index in [4.69, 9.17) is 4.43 Å². The van der Waals surface area contributed by atoms with Crippen molar-refractivity contribution in [3.8, 4) is 0 Å². The number of Topliss-reactive ketones (excluding diaryl/α,β-unsaturated/α-hetero) is 1. The fraction of sp³-hybridized carbons (Fsp3) is 0.600. The van der Waals surface area contributed by atoms with Gasteiger partial charge in [0.25, 0.3) is 0 Å². The van der Waals surface area contributed by atoms with E-state index >= 15 is 0 Å². The van der Waals surface area contributed by atoms with Gasteiger partial charge in [0.05, 0.1) is 17.7 Å². The number of ketones is 1. The van der Waals surface area contributed by atoms with E-state index in [0.717, 1.165) is 12.1 Å². The lowest BCUT2D eigenvalue weighted by Crippen LogP contribution is -2.55. The van der Waals surface area contributed by atoms with Crippen molar-refractivity contribution < 1.29 is 27.2 Å². The number of piperidine rings is 1. The Morgan fingerprint density at radius 3 is 2.46 bits per heavy atom. The van der Waals surface area contributed by atoms with Crippen LogP contribution in [0.5, 0.6) is 0 Å². The highest BCUT2D eigenvalue weighted by molar-refractivity contribution is 6.74. The van der Waals surface area contributed by atoms with Crippen molar-refractivity contribution >= 4 is 20.0 Å². The van der Waals surface area contributed by atoms with E-state index in [-0.39, 0.29) is 29.0 Å². The van der Waals surface area contributed by atoms with Gasteiger partial charge in [0.15, 0.2) is 14.1 Å². The molecule has 1 fully saturated rings. The highest BCUT2D eigenvalue weighted by Gasteiger charge is 2.42. The van der Waals surface area contributed by atoms with Crippen molar-refractivity contribution in [1.29, 1.82) is 0 Å². The van der Waals surface area contributed by atoms with Crippen LogP contribution in [0.15, 0.2) is 24.3 Å². The van der Waals surface area contributed by atoms with Crippen LogP contribution in [-0.2, 0) is 15.4 Å². The predicted molar refractivity (Wildman–Crippen MR) is 104 cm³/mol. The van der Waals surface area contributed by atoms with Gasteiger partial charge in [0, 0.05) is 18.4 Å². The fourth-order valence-corrected chi connectivity index (χ4v) is 4.30. The summed E-state index contributed by atoms with van der Waals surface area (Å²) in [4.78, 5) is 24.5. The summed E-state index contributed by atoms with van der Waals surface area (Å²) >= 11 is 0. The monoisotopic (exact) mass is 415 g/mol. The van der Waals surface area contributed by atoms with Crippen LogP contribution in [0, 0.1) is 0 Å². The van der Waals surface area contributed by atoms with Crippen LogP contribution in [0.2, 0.25) is 18.1 Å². The maximum atomic E-state index is 12.9. The standard InChI is InChI=1S/C20H28F3NO3Si/c1-19(2,3)28(4,5)27-17-9-10-18(26)24-15(17)12-16(25)13-7-6-8-14(11-13)20(21,22)23/h6-8,11,15,17H,9-10,12H2,1-5H3,(H,24,26)/t15-,17+/m0/s1. The van der Waals surface area contributed by atoms with Crippen molar-refractivity contribution in [1.82, 2.24) is 5.32 Å². The Labute approximate surface area is 165 Å². The van der Waals surface area contributed by atoms with Crippen LogP contribution < -0.4 is 5.32 Å². The lowest BCUT2D eigenvalue weighted by atomic mass is 9.93. The lowest BCUT2D eigenvalue weighted by Gasteiger charge is -2.43. The molecule has 0 aliphatic carbocycles. The molecule has 1 aromatic rings. The van der Waals surface area contributed by atoms with Crippen molar-refractivity contribution in [2.75, 3.05) is 0 Å². The fourth-order valence-electron chi connectivity index (χ4n) is 2.91. The summed E-state index contributed by atoms with van der Waals surface area (Å²) in [5.74, 6) is -0.612. The average Bonchev–Trinajstić information content (AvgIpc) is 2.55. The maximum absolute atomic E-state index is 12.9. The second kappa shape index (κ2) is 7.98. The van der Waals surface area contributed by atoms with Gasteiger partial charge in [-0.1, -0.05) is 32.9 Å². The van der Waals surface area contributed by atoms with E-state index in [1.165, 1.54) is 12.1 Å². The van der Waals surface area contributed by atoms with Crippen molar-refractivity contribution in [2.24, 2.45) is 0 Å². The molecule has 2 atom stereocenters. The Morgan fingerprint density at radius 1 is 1.25 bits per heavy atom. The number of amides is 1. The van der Waals surface area contributed by atoms with Gasteiger partial charge in [-0.2, -0.15) is 13.2 Å². The number of rotatable bonds is 5. The molecule has 2 rings (SSSR count). The molecule has 1 heterocycles. The SMILES string of the molecule is CC(C)(C)[Si](C)(C)O[C@@H]1CCC(=O)N[C@H]1CC(=O)c1cccc(C(F)(F)F)c1. The molecule has 1 aliphatic heterocycles. The molecule has 1 saturated heterocycles. The van der Waals surface area contributed by atoms with Crippen LogP contribution in [-0.4, -0.2) is 32.2 Å². The van der Waals surface area contributed by atoms with E-state index in [1.807, 2.05) is 0 Å². The van der Waals surface area contributed by atoms with Gasteiger partial charge in [-0.15, -0.1) is 0 Å². The molecule has 28 heavy (non-hydrogen) atoms. The van der Waals surface area contributed by atoms with E-state index < -0.39 is 31.9 Å². The van der Waals surface area contributed by atoms with E-state index in [9.17, 15) is 22.8 Å². The summed E-state index contributed by atoms with van der Waals surface area (Å²) in [5, 5.41) is 2.76. The largest absolute Gasteiger partial charge is 0.416 e.